The number of rotatable bonds is 4. The van der Waals surface area contributed by atoms with Gasteiger partial charge in [-0.15, -0.1) is 11.3 Å². The summed E-state index contributed by atoms with van der Waals surface area (Å²) in [6.07, 6.45) is -0.0470. The normalized spacial score (nSPS) is 9.47. The number of thiophene rings is 1. The molecule has 0 aliphatic heterocycles. The lowest BCUT2D eigenvalue weighted by Gasteiger charge is -2.05. The molecular formula is C10H12N2O4S. The van der Waals surface area contributed by atoms with E-state index >= 15 is 0 Å². The fourth-order valence-electron chi connectivity index (χ4n) is 0.976. The van der Waals surface area contributed by atoms with Gasteiger partial charge in [0.25, 0.3) is 5.91 Å². The van der Waals surface area contributed by atoms with Crippen LogP contribution in [0.2, 0.25) is 0 Å². The molecule has 92 valence electrons. The lowest BCUT2D eigenvalue weighted by Crippen LogP contribution is -2.41. The zero-order valence-corrected chi connectivity index (χ0v) is 10.0. The van der Waals surface area contributed by atoms with Crippen molar-refractivity contribution in [2.24, 2.45) is 0 Å². The minimum absolute atomic E-state index is 0.0167. The Labute approximate surface area is 102 Å². The van der Waals surface area contributed by atoms with E-state index in [1.54, 1.807) is 17.5 Å². The molecular weight excluding hydrogens is 244 g/mol. The van der Waals surface area contributed by atoms with Crippen LogP contribution in [0.25, 0.3) is 0 Å². The highest BCUT2D eigenvalue weighted by Gasteiger charge is 2.09. The van der Waals surface area contributed by atoms with Crippen LogP contribution < -0.4 is 10.9 Å². The summed E-state index contributed by atoms with van der Waals surface area (Å²) in [5.41, 5.74) is 4.46. The maximum atomic E-state index is 11.4. The molecule has 2 amide bonds. The van der Waals surface area contributed by atoms with E-state index in [4.69, 9.17) is 0 Å². The second-order valence-electron chi connectivity index (χ2n) is 3.06. The number of esters is 1. The predicted octanol–water partition coefficient (Wildman–Crippen LogP) is 0.462. The summed E-state index contributed by atoms with van der Waals surface area (Å²) in [7, 11) is 1.25. The maximum Gasteiger partial charge on any atom is 0.306 e. The Morgan fingerprint density at radius 3 is 2.65 bits per heavy atom. The summed E-state index contributed by atoms with van der Waals surface area (Å²) in [6.45, 7) is 0. The predicted molar refractivity (Wildman–Crippen MR) is 61.2 cm³/mol. The first-order chi connectivity index (χ1) is 8.13. The van der Waals surface area contributed by atoms with E-state index in [0.29, 0.717) is 4.88 Å². The monoisotopic (exact) mass is 256 g/mol. The molecule has 1 aromatic heterocycles. The van der Waals surface area contributed by atoms with Crippen molar-refractivity contribution in [1.29, 1.82) is 0 Å². The number of carbonyl (C=O) groups is 3. The van der Waals surface area contributed by atoms with E-state index in [2.05, 4.69) is 15.6 Å². The number of hydrogen-bond acceptors (Lipinski definition) is 5. The molecule has 0 bridgehead atoms. The average molecular weight is 256 g/mol. The van der Waals surface area contributed by atoms with Gasteiger partial charge in [-0.05, 0) is 11.4 Å². The Kier molecular flexibility index (Phi) is 5.15. The van der Waals surface area contributed by atoms with Gasteiger partial charge < -0.3 is 4.74 Å². The van der Waals surface area contributed by atoms with Gasteiger partial charge in [-0.3, -0.25) is 25.2 Å². The SMILES string of the molecule is COC(=O)CCC(=O)NNC(=O)c1cccs1. The van der Waals surface area contributed by atoms with Gasteiger partial charge in [-0.25, -0.2) is 0 Å². The fraction of sp³-hybridized carbons (Fsp3) is 0.300. The molecule has 0 aliphatic carbocycles. The van der Waals surface area contributed by atoms with Crippen LogP contribution >= 0.6 is 11.3 Å². The van der Waals surface area contributed by atoms with Crippen LogP contribution in [0, 0.1) is 0 Å². The summed E-state index contributed by atoms with van der Waals surface area (Å²) in [4.78, 5) is 33.9. The summed E-state index contributed by atoms with van der Waals surface area (Å²) in [5.74, 6) is -1.29. The Bertz CT molecular complexity index is 402. The highest BCUT2D eigenvalue weighted by Crippen LogP contribution is 2.06. The first-order valence-electron chi connectivity index (χ1n) is 4.83. The summed E-state index contributed by atoms with van der Waals surface area (Å²) < 4.78 is 4.38. The molecule has 1 aromatic rings. The molecule has 0 atom stereocenters. The molecule has 6 nitrogen and oxygen atoms in total. The number of methoxy groups -OCH3 is 1. The van der Waals surface area contributed by atoms with Crippen LogP contribution in [0.1, 0.15) is 22.5 Å². The van der Waals surface area contributed by atoms with Crippen molar-refractivity contribution in [2.45, 2.75) is 12.8 Å². The first-order valence-corrected chi connectivity index (χ1v) is 5.71. The van der Waals surface area contributed by atoms with E-state index in [0.717, 1.165) is 0 Å². The third-order valence-electron chi connectivity index (χ3n) is 1.84. The van der Waals surface area contributed by atoms with Crippen molar-refractivity contribution in [3.63, 3.8) is 0 Å². The van der Waals surface area contributed by atoms with Gasteiger partial charge in [0.1, 0.15) is 0 Å². The van der Waals surface area contributed by atoms with Crippen molar-refractivity contribution >= 4 is 29.1 Å². The van der Waals surface area contributed by atoms with Gasteiger partial charge in [-0.2, -0.15) is 0 Å². The molecule has 17 heavy (non-hydrogen) atoms. The minimum Gasteiger partial charge on any atom is -0.469 e. The molecule has 0 saturated carbocycles. The van der Waals surface area contributed by atoms with Gasteiger partial charge in [0.05, 0.1) is 18.4 Å². The van der Waals surface area contributed by atoms with Crippen molar-refractivity contribution in [3.05, 3.63) is 22.4 Å². The maximum absolute atomic E-state index is 11.4. The minimum atomic E-state index is -0.468. The molecule has 1 rings (SSSR count). The van der Waals surface area contributed by atoms with Gasteiger partial charge in [0, 0.05) is 6.42 Å². The fourth-order valence-corrected chi connectivity index (χ4v) is 1.59. The molecule has 2 N–H and O–H groups in total. The van der Waals surface area contributed by atoms with Gasteiger partial charge in [0.2, 0.25) is 5.91 Å². The van der Waals surface area contributed by atoms with Crippen LogP contribution in [0.4, 0.5) is 0 Å². The van der Waals surface area contributed by atoms with Crippen molar-refractivity contribution in [2.75, 3.05) is 7.11 Å². The largest absolute Gasteiger partial charge is 0.469 e. The average Bonchev–Trinajstić information content (AvgIpc) is 2.86. The summed E-state index contributed by atoms with van der Waals surface area (Å²) in [5, 5.41) is 1.76. The number of nitrogens with one attached hydrogen (secondary N) is 2. The molecule has 1 heterocycles. The summed E-state index contributed by atoms with van der Waals surface area (Å²) in [6, 6.07) is 3.37. The standard InChI is InChI=1S/C10H12N2O4S/c1-16-9(14)5-4-8(13)11-12-10(15)7-3-2-6-17-7/h2-3,6H,4-5H2,1H3,(H,11,13)(H,12,15). The quantitative estimate of drug-likeness (QED) is 0.605. The lowest BCUT2D eigenvalue weighted by molar-refractivity contribution is -0.142. The summed E-state index contributed by atoms with van der Waals surface area (Å²) >= 11 is 1.27. The smallest absolute Gasteiger partial charge is 0.306 e. The molecule has 0 radical (unpaired) electrons. The Morgan fingerprint density at radius 2 is 2.06 bits per heavy atom. The van der Waals surface area contributed by atoms with Crippen LogP contribution in [0.3, 0.4) is 0 Å². The Balaban J connectivity index is 2.24. The van der Waals surface area contributed by atoms with Crippen LogP contribution in [-0.4, -0.2) is 24.9 Å². The van der Waals surface area contributed by atoms with E-state index in [-0.39, 0.29) is 18.7 Å². The third kappa shape index (κ3) is 4.64. The second kappa shape index (κ2) is 6.64. The first kappa shape index (κ1) is 13.2. The zero-order valence-electron chi connectivity index (χ0n) is 9.19. The van der Waals surface area contributed by atoms with Gasteiger partial charge in [-0.1, -0.05) is 6.07 Å². The van der Waals surface area contributed by atoms with Crippen LogP contribution in [0.15, 0.2) is 17.5 Å². The molecule has 7 heteroatoms. The lowest BCUT2D eigenvalue weighted by atomic mass is 10.3. The topological polar surface area (TPSA) is 84.5 Å². The van der Waals surface area contributed by atoms with Crippen molar-refractivity contribution < 1.29 is 19.1 Å². The number of hydrogen-bond donors (Lipinski definition) is 2. The number of ether oxygens (including phenoxy) is 1. The van der Waals surface area contributed by atoms with E-state index < -0.39 is 11.9 Å². The molecule has 0 unspecified atom stereocenters. The molecule has 0 fully saturated rings. The highest BCUT2D eigenvalue weighted by atomic mass is 32.1. The molecule has 0 aliphatic rings. The van der Waals surface area contributed by atoms with Crippen LogP contribution in [-0.2, 0) is 14.3 Å². The number of carbonyl (C=O) groups excluding carboxylic acids is 3. The molecule has 0 aromatic carbocycles. The molecule has 0 saturated heterocycles. The highest BCUT2D eigenvalue weighted by molar-refractivity contribution is 7.12. The number of hydrazine groups is 1. The van der Waals surface area contributed by atoms with Crippen molar-refractivity contribution in [3.8, 4) is 0 Å². The Morgan fingerprint density at radius 1 is 1.29 bits per heavy atom. The van der Waals surface area contributed by atoms with Crippen LogP contribution in [0.5, 0.6) is 0 Å². The van der Waals surface area contributed by atoms with Gasteiger partial charge >= 0.3 is 5.97 Å². The second-order valence-corrected chi connectivity index (χ2v) is 4.00. The number of amides is 2. The van der Waals surface area contributed by atoms with Crippen molar-refractivity contribution in [1.82, 2.24) is 10.9 Å². The molecule has 0 spiro atoms. The van der Waals surface area contributed by atoms with E-state index in [1.807, 2.05) is 0 Å². The third-order valence-corrected chi connectivity index (χ3v) is 2.71. The Hall–Kier alpha value is -1.89. The van der Waals surface area contributed by atoms with E-state index in [9.17, 15) is 14.4 Å². The zero-order chi connectivity index (χ0) is 12.7. The van der Waals surface area contributed by atoms with Gasteiger partial charge in [0.15, 0.2) is 0 Å². The van der Waals surface area contributed by atoms with E-state index in [1.165, 1.54) is 18.4 Å².